The highest BCUT2D eigenvalue weighted by Gasteiger charge is 2.08. The molecule has 0 aliphatic heterocycles. The zero-order chi connectivity index (χ0) is 10.7. The summed E-state index contributed by atoms with van der Waals surface area (Å²) >= 11 is 0. The Morgan fingerprint density at radius 2 is 1.71 bits per heavy atom. The van der Waals surface area contributed by atoms with Crippen molar-refractivity contribution < 1.29 is 20.5 Å². The fourth-order valence-corrected chi connectivity index (χ4v) is 1.01. The Morgan fingerprint density at radius 3 is 2.14 bits per heavy atom. The van der Waals surface area contributed by atoms with Gasteiger partial charge in [-0.2, -0.15) is 0 Å². The van der Waals surface area contributed by atoms with Crippen molar-refractivity contribution in [1.29, 1.82) is 0 Å². The van der Waals surface area contributed by atoms with E-state index in [1.54, 1.807) is 0 Å². The number of rotatable bonds is 2. The monoisotopic (exact) mass is 198 g/mol. The van der Waals surface area contributed by atoms with Gasteiger partial charge in [0.1, 0.15) is 5.84 Å². The summed E-state index contributed by atoms with van der Waals surface area (Å²) in [5.74, 6) is -1.56. The van der Waals surface area contributed by atoms with E-state index < -0.39 is 17.2 Å². The first-order chi connectivity index (χ1) is 6.54. The number of nitrogens with two attached hydrogens (primary N) is 1. The number of nitrogens with zero attached hydrogens (tertiary/aromatic N) is 1. The number of hydrogen-bond donors (Lipinski definition) is 5. The van der Waals surface area contributed by atoms with Crippen LogP contribution in [0.1, 0.15) is 5.56 Å². The standard InChI is InChI=1S/C8H10N2O4/c9-7(10-14)3-4-1-5(11)8(13)6(12)2-4/h1-2,11-14H,3H2,(H2,9,10). The average Bonchev–Trinajstić information content (AvgIpc) is 2.14. The summed E-state index contributed by atoms with van der Waals surface area (Å²) in [5.41, 5.74) is 5.64. The van der Waals surface area contributed by atoms with Gasteiger partial charge in [0.05, 0.1) is 0 Å². The molecule has 0 bridgehead atoms. The van der Waals surface area contributed by atoms with Gasteiger partial charge in [-0.1, -0.05) is 5.16 Å². The van der Waals surface area contributed by atoms with Crippen molar-refractivity contribution in [3.05, 3.63) is 17.7 Å². The molecule has 0 aliphatic rings. The molecular weight excluding hydrogens is 188 g/mol. The summed E-state index contributed by atoms with van der Waals surface area (Å²) in [6.45, 7) is 0. The Morgan fingerprint density at radius 1 is 1.21 bits per heavy atom. The van der Waals surface area contributed by atoms with Gasteiger partial charge in [0.2, 0.25) is 0 Å². The quantitative estimate of drug-likeness (QED) is 0.152. The average molecular weight is 198 g/mol. The summed E-state index contributed by atoms with van der Waals surface area (Å²) in [4.78, 5) is 0. The zero-order valence-corrected chi connectivity index (χ0v) is 7.18. The van der Waals surface area contributed by atoms with E-state index in [1.807, 2.05) is 0 Å². The van der Waals surface area contributed by atoms with Crippen LogP contribution >= 0.6 is 0 Å². The van der Waals surface area contributed by atoms with Crippen molar-refractivity contribution in [1.82, 2.24) is 0 Å². The van der Waals surface area contributed by atoms with Gasteiger partial charge in [-0.3, -0.25) is 0 Å². The van der Waals surface area contributed by atoms with Gasteiger partial charge in [-0.25, -0.2) is 0 Å². The molecule has 1 aromatic carbocycles. The van der Waals surface area contributed by atoms with E-state index in [2.05, 4.69) is 5.16 Å². The predicted molar refractivity (Wildman–Crippen MR) is 48.5 cm³/mol. The van der Waals surface area contributed by atoms with Gasteiger partial charge in [-0.05, 0) is 17.7 Å². The van der Waals surface area contributed by atoms with Gasteiger partial charge < -0.3 is 26.3 Å². The van der Waals surface area contributed by atoms with Crippen molar-refractivity contribution in [3.63, 3.8) is 0 Å². The molecule has 0 fully saturated rings. The molecule has 0 saturated heterocycles. The van der Waals surface area contributed by atoms with Crippen molar-refractivity contribution in [2.45, 2.75) is 6.42 Å². The second-order valence-electron chi connectivity index (χ2n) is 2.75. The van der Waals surface area contributed by atoms with Crippen molar-refractivity contribution in [2.75, 3.05) is 0 Å². The number of hydrogen-bond acceptors (Lipinski definition) is 5. The van der Waals surface area contributed by atoms with Crippen LogP contribution in [0, 0.1) is 0 Å². The summed E-state index contributed by atoms with van der Waals surface area (Å²) in [7, 11) is 0. The van der Waals surface area contributed by atoms with E-state index >= 15 is 0 Å². The Bertz CT molecular complexity index is 353. The SMILES string of the molecule is NC(Cc1cc(O)c(O)c(O)c1)=NO. The predicted octanol–water partition coefficient (Wildman–Crippen LogP) is 0.0923. The van der Waals surface area contributed by atoms with Crippen molar-refractivity contribution in [3.8, 4) is 17.2 Å². The minimum absolute atomic E-state index is 0.0607. The largest absolute Gasteiger partial charge is 0.504 e. The number of aromatic hydroxyl groups is 3. The maximum absolute atomic E-state index is 9.11. The first kappa shape index (κ1) is 9.97. The number of phenols is 3. The van der Waals surface area contributed by atoms with E-state index in [0.29, 0.717) is 5.56 Å². The van der Waals surface area contributed by atoms with Crippen LogP contribution < -0.4 is 5.73 Å². The molecule has 6 N–H and O–H groups in total. The van der Waals surface area contributed by atoms with E-state index in [9.17, 15) is 0 Å². The van der Waals surface area contributed by atoms with Crippen LogP contribution in [0.5, 0.6) is 17.2 Å². The number of benzene rings is 1. The summed E-state index contributed by atoms with van der Waals surface area (Å²) in [6.07, 6.45) is 0.0674. The molecule has 6 heteroatoms. The molecule has 0 spiro atoms. The second kappa shape index (κ2) is 3.73. The Kier molecular flexibility index (Phi) is 2.66. The molecule has 0 heterocycles. The number of oxime groups is 1. The second-order valence-corrected chi connectivity index (χ2v) is 2.75. The molecule has 0 aromatic heterocycles. The molecule has 0 amide bonds. The molecule has 76 valence electrons. The van der Waals surface area contributed by atoms with Gasteiger partial charge in [0.25, 0.3) is 0 Å². The van der Waals surface area contributed by atoms with Gasteiger partial charge in [0.15, 0.2) is 17.2 Å². The molecule has 0 atom stereocenters. The fraction of sp³-hybridized carbons (Fsp3) is 0.125. The normalized spacial score (nSPS) is 11.6. The van der Waals surface area contributed by atoms with E-state index in [1.165, 1.54) is 12.1 Å². The summed E-state index contributed by atoms with van der Waals surface area (Å²) in [5, 5.41) is 38.2. The van der Waals surface area contributed by atoms with Crippen molar-refractivity contribution in [2.24, 2.45) is 10.9 Å². The van der Waals surface area contributed by atoms with Crippen molar-refractivity contribution >= 4 is 5.84 Å². The lowest BCUT2D eigenvalue weighted by Crippen LogP contribution is -2.14. The zero-order valence-electron chi connectivity index (χ0n) is 7.18. The Labute approximate surface area is 79.5 Å². The van der Waals surface area contributed by atoms with Gasteiger partial charge in [0, 0.05) is 6.42 Å². The molecule has 1 rings (SSSR count). The number of phenolic OH excluding ortho intramolecular Hbond substituents is 3. The third-order valence-corrected chi connectivity index (χ3v) is 1.64. The molecule has 6 nitrogen and oxygen atoms in total. The first-order valence-corrected chi connectivity index (χ1v) is 3.74. The van der Waals surface area contributed by atoms with E-state index in [4.69, 9.17) is 26.3 Å². The third-order valence-electron chi connectivity index (χ3n) is 1.64. The van der Waals surface area contributed by atoms with Crippen LogP contribution in [0.4, 0.5) is 0 Å². The highest BCUT2D eigenvalue weighted by Crippen LogP contribution is 2.35. The molecule has 0 radical (unpaired) electrons. The van der Waals surface area contributed by atoms with Crippen LogP contribution in [-0.4, -0.2) is 26.4 Å². The van der Waals surface area contributed by atoms with Crippen LogP contribution in [0.25, 0.3) is 0 Å². The third kappa shape index (κ3) is 1.98. The van der Waals surface area contributed by atoms with Crippen LogP contribution in [0.15, 0.2) is 17.3 Å². The summed E-state index contributed by atoms with van der Waals surface area (Å²) in [6, 6.07) is 2.43. The molecule has 0 aliphatic carbocycles. The highest BCUT2D eigenvalue weighted by molar-refractivity contribution is 5.82. The maximum Gasteiger partial charge on any atom is 0.200 e. The number of amidine groups is 1. The molecule has 1 aromatic rings. The van der Waals surface area contributed by atoms with Crippen LogP contribution in [0.3, 0.4) is 0 Å². The molecule has 0 saturated carbocycles. The molecule has 0 unspecified atom stereocenters. The van der Waals surface area contributed by atoms with E-state index in [-0.39, 0.29) is 12.3 Å². The summed E-state index contributed by atoms with van der Waals surface area (Å²) < 4.78 is 0. The topological polar surface area (TPSA) is 119 Å². The van der Waals surface area contributed by atoms with Crippen LogP contribution in [-0.2, 0) is 6.42 Å². The Balaban J connectivity index is 3.01. The highest BCUT2D eigenvalue weighted by atomic mass is 16.4. The minimum atomic E-state index is -0.590. The lowest BCUT2D eigenvalue weighted by molar-refractivity contribution is 0.317. The molecular formula is C8H10N2O4. The molecule has 14 heavy (non-hydrogen) atoms. The minimum Gasteiger partial charge on any atom is -0.504 e. The first-order valence-electron chi connectivity index (χ1n) is 3.74. The Hall–Kier alpha value is -2.11. The van der Waals surface area contributed by atoms with E-state index in [0.717, 1.165) is 0 Å². The van der Waals surface area contributed by atoms with Crippen LogP contribution in [0.2, 0.25) is 0 Å². The fourth-order valence-electron chi connectivity index (χ4n) is 1.01. The lowest BCUT2D eigenvalue weighted by Gasteiger charge is -2.04. The van der Waals surface area contributed by atoms with Gasteiger partial charge in [-0.15, -0.1) is 0 Å². The maximum atomic E-state index is 9.11. The van der Waals surface area contributed by atoms with Gasteiger partial charge >= 0.3 is 0 Å². The lowest BCUT2D eigenvalue weighted by atomic mass is 10.1. The smallest absolute Gasteiger partial charge is 0.200 e.